The first kappa shape index (κ1) is 16.2. The number of nitrogens with one attached hydrogen (secondary N) is 2. The smallest absolute Gasteiger partial charge is 0.241 e. The lowest BCUT2D eigenvalue weighted by Gasteiger charge is -2.34. The predicted molar refractivity (Wildman–Crippen MR) is 81.6 cm³/mol. The molecule has 2 N–H and O–H groups in total. The molecule has 1 heterocycles. The van der Waals surface area contributed by atoms with Crippen LogP contribution in [0.2, 0.25) is 5.02 Å². The summed E-state index contributed by atoms with van der Waals surface area (Å²) in [4.78, 5) is -0.0602. The molecular weight excluding hydrogens is 310 g/mol. The summed E-state index contributed by atoms with van der Waals surface area (Å²) in [6.07, 6.45) is 1.83. The summed E-state index contributed by atoms with van der Waals surface area (Å²) >= 11 is 5.85. The van der Waals surface area contributed by atoms with Gasteiger partial charge in [0.25, 0.3) is 0 Å². The van der Waals surface area contributed by atoms with E-state index in [-0.39, 0.29) is 15.9 Å². The fourth-order valence-electron chi connectivity index (χ4n) is 2.36. The Morgan fingerprint density at radius 2 is 2.10 bits per heavy atom. The molecule has 0 aliphatic carbocycles. The number of halogens is 1. The minimum Gasteiger partial charge on any atom is -0.317 e. The van der Waals surface area contributed by atoms with Gasteiger partial charge in [-0.15, -0.1) is 0 Å². The summed E-state index contributed by atoms with van der Waals surface area (Å²) in [5.41, 5.74) is 0.0336. The van der Waals surface area contributed by atoms with Gasteiger partial charge < -0.3 is 5.32 Å². The van der Waals surface area contributed by atoms with Crippen molar-refractivity contribution in [2.45, 2.75) is 24.7 Å². The zero-order valence-corrected chi connectivity index (χ0v) is 13.4. The zero-order chi connectivity index (χ0) is 15.5. The van der Waals surface area contributed by atoms with Crippen molar-refractivity contribution in [1.29, 1.82) is 5.26 Å². The molecule has 1 aromatic rings. The van der Waals surface area contributed by atoms with Crippen LogP contribution < -0.4 is 10.0 Å². The Hall–Kier alpha value is -1.13. The fraction of sp³-hybridized carbons (Fsp3) is 0.500. The Balaban J connectivity index is 2.19. The van der Waals surface area contributed by atoms with E-state index in [2.05, 4.69) is 17.0 Å². The van der Waals surface area contributed by atoms with Crippen molar-refractivity contribution in [3.63, 3.8) is 0 Å². The Morgan fingerprint density at radius 3 is 2.71 bits per heavy atom. The molecule has 7 heteroatoms. The lowest BCUT2D eigenvalue weighted by atomic mass is 9.81. The summed E-state index contributed by atoms with van der Waals surface area (Å²) in [5.74, 6) is 0. The van der Waals surface area contributed by atoms with E-state index in [4.69, 9.17) is 16.9 Å². The first-order valence-electron chi connectivity index (χ1n) is 6.76. The van der Waals surface area contributed by atoms with E-state index in [1.165, 1.54) is 18.2 Å². The van der Waals surface area contributed by atoms with Crippen LogP contribution in [0.4, 0.5) is 0 Å². The topological polar surface area (TPSA) is 82.0 Å². The number of benzene rings is 1. The van der Waals surface area contributed by atoms with E-state index in [1.54, 1.807) is 0 Å². The Labute approximate surface area is 130 Å². The van der Waals surface area contributed by atoms with Gasteiger partial charge in [-0.2, -0.15) is 5.26 Å². The molecule has 0 aromatic heterocycles. The SMILES string of the molecule is CC1(CNS(=O)(=O)c2cc(Cl)ccc2C#N)CCNCC1. The molecule has 0 saturated carbocycles. The van der Waals surface area contributed by atoms with E-state index in [9.17, 15) is 8.42 Å². The number of rotatable bonds is 4. The van der Waals surface area contributed by atoms with Gasteiger partial charge in [0, 0.05) is 11.6 Å². The van der Waals surface area contributed by atoms with Crippen LogP contribution in [0.15, 0.2) is 23.1 Å². The minimum absolute atomic E-state index is 0.0602. The monoisotopic (exact) mass is 327 g/mol. The molecule has 0 radical (unpaired) electrons. The van der Waals surface area contributed by atoms with Crippen LogP contribution >= 0.6 is 11.6 Å². The first-order valence-corrected chi connectivity index (χ1v) is 8.62. The van der Waals surface area contributed by atoms with Gasteiger partial charge >= 0.3 is 0 Å². The van der Waals surface area contributed by atoms with Crippen LogP contribution in [0.5, 0.6) is 0 Å². The molecule has 0 unspecified atom stereocenters. The van der Waals surface area contributed by atoms with Crippen LogP contribution in [-0.2, 0) is 10.0 Å². The number of sulfonamides is 1. The minimum atomic E-state index is -3.74. The highest BCUT2D eigenvalue weighted by Crippen LogP contribution is 2.28. The van der Waals surface area contributed by atoms with Crippen LogP contribution in [0.25, 0.3) is 0 Å². The maximum Gasteiger partial charge on any atom is 0.241 e. The molecule has 114 valence electrons. The van der Waals surface area contributed by atoms with Gasteiger partial charge in [-0.05, 0) is 49.5 Å². The summed E-state index contributed by atoms with van der Waals surface area (Å²) in [6.45, 7) is 4.20. The van der Waals surface area contributed by atoms with Crippen LogP contribution in [0.3, 0.4) is 0 Å². The number of hydrogen-bond donors (Lipinski definition) is 2. The molecule has 1 aromatic carbocycles. The molecule has 0 spiro atoms. The van der Waals surface area contributed by atoms with Gasteiger partial charge in [-0.1, -0.05) is 18.5 Å². The molecule has 0 atom stereocenters. The van der Waals surface area contributed by atoms with Crippen LogP contribution in [-0.4, -0.2) is 28.1 Å². The predicted octanol–water partition coefficient (Wildman–Crippen LogP) is 1.88. The van der Waals surface area contributed by atoms with Crippen molar-refractivity contribution in [3.8, 4) is 6.07 Å². The third-order valence-corrected chi connectivity index (χ3v) is 5.53. The highest BCUT2D eigenvalue weighted by Gasteiger charge is 2.29. The van der Waals surface area contributed by atoms with Gasteiger partial charge in [0.2, 0.25) is 10.0 Å². The van der Waals surface area contributed by atoms with E-state index < -0.39 is 10.0 Å². The maximum absolute atomic E-state index is 12.4. The van der Waals surface area contributed by atoms with Crippen LogP contribution in [0, 0.1) is 16.7 Å². The number of hydrogen-bond acceptors (Lipinski definition) is 4. The standard InChI is InChI=1S/C14H18ClN3O2S/c1-14(4-6-17-7-5-14)10-18-21(19,20)13-8-12(15)3-2-11(13)9-16/h2-3,8,17-18H,4-7,10H2,1H3. The second-order valence-electron chi connectivity index (χ2n) is 5.64. The van der Waals surface area contributed by atoms with E-state index in [0.717, 1.165) is 25.9 Å². The third-order valence-electron chi connectivity index (χ3n) is 3.85. The molecule has 1 aliphatic heterocycles. The van der Waals surface area contributed by atoms with E-state index >= 15 is 0 Å². The summed E-state index contributed by atoms with van der Waals surface area (Å²) in [5, 5.41) is 12.6. The highest BCUT2D eigenvalue weighted by atomic mass is 35.5. The molecular formula is C14H18ClN3O2S. The van der Waals surface area contributed by atoms with Gasteiger partial charge in [-0.25, -0.2) is 13.1 Å². The molecule has 0 bridgehead atoms. The molecule has 1 aliphatic rings. The highest BCUT2D eigenvalue weighted by molar-refractivity contribution is 7.89. The Morgan fingerprint density at radius 1 is 1.43 bits per heavy atom. The molecule has 0 amide bonds. The van der Waals surface area contributed by atoms with Crippen molar-refractivity contribution in [2.24, 2.45) is 5.41 Å². The van der Waals surface area contributed by atoms with E-state index in [1.807, 2.05) is 6.07 Å². The second-order valence-corrected chi connectivity index (χ2v) is 7.81. The zero-order valence-electron chi connectivity index (χ0n) is 11.8. The third kappa shape index (κ3) is 3.95. The largest absolute Gasteiger partial charge is 0.317 e. The van der Waals surface area contributed by atoms with Crippen molar-refractivity contribution in [2.75, 3.05) is 19.6 Å². The van der Waals surface area contributed by atoms with Crippen LogP contribution in [0.1, 0.15) is 25.3 Å². The van der Waals surface area contributed by atoms with Crippen molar-refractivity contribution in [3.05, 3.63) is 28.8 Å². The number of nitriles is 1. The molecule has 1 fully saturated rings. The Bertz CT molecular complexity index is 661. The summed E-state index contributed by atoms with van der Waals surface area (Å²) in [6, 6.07) is 6.13. The van der Waals surface area contributed by atoms with Gasteiger partial charge in [0.15, 0.2) is 0 Å². The maximum atomic E-state index is 12.4. The lowest BCUT2D eigenvalue weighted by molar-refractivity contribution is 0.232. The quantitative estimate of drug-likeness (QED) is 0.884. The van der Waals surface area contributed by atoms with E-state index in [0.29, 0.717) is 11.6 Å². The molecule has 2 rings (SSSR count). The molecule has 1 saturated heterocycles. The lowest BCUT2D eigenvalue weighted by Crippen LogP contribution is -2.42. The van der Waals surface area contributed by atoms with Crippen molar-refractivity contribution in [1.82, 2.24) is 10.0 Å². The number of nitrogens with zero attached hydrogens (tertiary/aromatic N) is 1. The summed E-state index contributed by atoms with van der Waals surface area (Å²) < 4.78 is 27.4. The normalized spacial score (nSPS) is 18.1. The van der Waals surface area contributed by atoms with Crippen molar-refractivity contribution >= 4 is 21.6 Å². The van der Waals surface area contributed by atoms with Crippen molar-refractivity contribution < 1.29 is 8.42 Å². The first-order chi connectivity index (χ1) is 9.86. The summed E-state index contributed by atoms with van der Waals surface area (Å²) in [7, 11) is -3.74. The van der Waals surface area contributed by atoms with Gasteiger partial charge in [0.05, 0.1) is 5.56 Å². The van der Waals surface area contributed by atoms with Gasteiger partial charge in [-0.3, -0.25) is 0 Å². The molecule has 5 nitrogen and oxygen atoms in total. The average molecular weight is 328 g/mol. The fourth-order valence-corrected chi connectivity index (χ4v) is 3.98. The molecule has 21 heavy (non-hydrogen) atoms. The second kappa shape index (κ2) is 6.32. The number of piperidine rings is 1. The Kier molecular flexibility index (Phi) is 4.89. The van der Waals surface area contributed by atoms with Gasteiger partial charge in [0.1, 0.15) is 11.0 Å². The average Bonchev–Trinajstić information content (AvgIpc) is 2.46.